The smallest absolute Gasteiger partial charge is 0.0200 e. The molecule has 0 bridgehead atoms. The lowest BCUT2D eigenvalue weighted by molar-refractivity contribution is 0.472. The fourth-order valence-electron chi connectivity index (χ4n) is 3.71. The minimum Gasteiger partial charge on any atom is -0.120 e. The summed E-state index contributed by atoms with van der Waals surface area (Å²) >= 11 is 0. The van der Waals surface area contributed by atoms with Crippen molar-refractivity contribution in [3.8, 4) is 12.3 Å². The molecule has 148 valence electrons. The van der Waals surface area contributed by atoms with E-state index in [1.54, 1.807) is 0 Å². The van der Waals surface area contributed by atoms with Crippen LogP contribution in [0.4, 0.5) is 0 Å². The molecule has 0 fully saturated rings. The zero-order valence-electron chi connectivity index (χ0n) is 17.8. The molecule has 0 amide bonds. The molecule has 0 N–H and O–H groups in total. The van der Waals surface area contributed by atoms with Crippen LogP contribution in [-0.2, 0) is 0 Å². The molecule has 0 nitrogen and oxygen atoms in total. The monoisotopic (exact) mass is 348 g/mol. The lowest BCUT2D eigenvalue weighted by Gasteiger charge is -2.10. The normalized spacial score (nSPS) is 12.2. The van der Waals surface area contributed by atoms with E-state index in [-0.39, 0.29) is 0 Å². The van der Waals surface area contributed by atoms with Crippen LogP contribution in [0.3, 0.4) is 0 Å². The van der Waals surface area contributed by atoms with E-state index >= 15 is 0 Å². The predicted molar refractivity (Wildman–Crippen MR) is 116 cm³/mol. The molecule has 1 atom stereocenters. The second kappa shape index (κ2) is 21.6. The first-order valence-corrected chi connectivity index (χ1v) is 11.8. The van der Waals surface area contributed by atoms with Gasteiger partial charge < -0.3 is 0 Å². The third-order valence-electron chi connectivity index (χ3n) is 5.55. The van der Waals surface area contributed by atoms with Gasteiger partial charge in [-0.2, -0.15) is 0 Å². The highest BCUT2D eigenvalue weighted by atomic mass is 14.1. The van der Waals surface area contributed by atoms with Gasteiger partial charge >= 0.3 is 0 Å². The second-order valence-electron chi connectivity index (χ2n) is 8.10. The van der Waals surface area contributed by atoms with Gasteiger partial charge in [-0.25, -0.2) is 0 Å². The lowest BCUT2D eigenvalue weighted by Crippen LogP contribution is -1.97. The molecule has 0 radical (unpaired) electrons. The summed E-state index contributed by atoms with van der Waals surface area (Å²) in [7, 11) is 0. The Morgan fingerprint density at radius 3 is 1.04 bits per heavy atom. The Hall–Kier alpha value is -0.440. The molecule has 0 aromatic carbocycles. The van der Waals surface area contributed by atoms with Crippen molar-refractivity contribution >= 4 is 0 Å². The van der Waals surface area contributed by atoms with E-state index in [4.69, 9.17) is 6.42 Å². The minimum absolute atomic E-state index is 0.550. The largest absolute Gasteiger partial charge is 0.120 e. The SMILES string of the molecule is C#CC(CCCCCCCCCC)CCCCCCCCCCCC. The summed E-state index contributed by atoms with van der Waals surface area (Å²) in [5, 5.41) is 0. The number of unbranched alkanes of at least 4 members (excludes halogenated alkanes) is 16. The summed E-state index contributed by atoms with van der Waals surface area (Å²) in [6.07, 6.45) is 33.7. The molecule has 0 aliphatic rings. The van der Waals surface area contributed by atoms with Gasteiger partial charge in [0.2, 0.25) is 0 Å². The standard InChI is InChI=1S/C25H48/c1-4-7-9-11-13-15-16-18-20-22-24-25(6-3)23-21-19-17-14-12-10-8-5-2/h3,25H,4-5,7-24H2,1-2H3. The van der Waals surface area contributed by atoms with Crippen molar-refractivity contribution in [2.75, 3.05) is 0 Å². The summed E-state index contributed by atoms with van der Waals surface area (Å²) in [5.74, 6) is 3.60. The molecule has 1 unspecified atom stereocenters. The van der Waals surface area contributed by atoms with Crippen LogP contribution in [0.25, 0.3) is 0 Å². The quantitative estimate of drug-likeness (QED) is 0.152. The molecule has 0 aliphatic heterocycles. The fraction of sp³-hybridized carbons (Fsp3) is 0.920. The van der Waals surface area contributed by atoms with E-state index < -0.39 is 0 Å². The van der Waals surface area contributed by atoms with Gasteiger partial charge in [-0.3, -0.25) is 0 Å². The molecule has 0 saturated heterocycles. The fourth-order valence-corrected chi connectivity index (χ4v) is 3.71. The van der Waals surface area contributed by atoms with Crippen LogP contribution in [0, 0.1) is 18.3 Å². The van der Waals surface area contributed by atoms with Gasteiger partial charge in [0.1, 0.15) is 0 Å². The van der Waals surface area contributed by atoms with Crippen molar-refractivity contribution < 1.29 is 0 Å². The first-order valence-electron chi connectivity index (χ1n) is 11.8. The van der Waals surface area contributed by atoms with E-state index in [1.807, 2.05) is 0 Å². The van der Waals surface area contributed by atoms with Gasteiger partial charge in [0, 0.05) is 5.92 Å². The Morgan fingerprint density at radius 2 is 0.760 bits per heavy atom. The molecule has 0 aromatic heterocycles. The Bertz CT molecular complexity index is 272. The number of hydrogen-bond acceptors (Lipinski definition) is 0. The first kappa shape index (κ1) is 24.6. The Balaban J connectivity index is 3.30. The van der Waals surface area contributed by atoms with Gasteiger partial charge in [0.05, 0.1) is 0 Å². The molecule has 0 saturated carbocycles. The maximum atomic E-state index is 5.74. The summed E-state index contributed by atoms with van der Waals surface area (Å²) in [4.78, 5) is 0. The first-order chi connectivity index (χ1) is 12.3. The molecular weight excluding hydrogens is 300 g/mol. The van der Waals surface area contributed by atoms with Crippen LogP contribution in [-0.4, -0.2) is 0 Å². The Kier molecular flexibility index (Phi) is 21.2. The van der Waals surface area contributed by atoms with E-state index in [2.05, 4.69) is 19.8 Å². The Morgan fingerprint density at radius 1 is 0.480 bits per heavy atom. The second-order valence-corrected chi connectivity index (χ2v) is 8.10. The van der Waals surface area contributed by atoms with Gasteiger partial charge in [-0.05, 0) is 12.8 Å². The predicted octanol–water partition coefficient (Wildman–Crippen LogP) is 9.08. The van der Waals surface area contributed by atoms with Crippen LogP contribution < -0.4 is 0 Å². The van der Waals surface area contributed by atoms with Gasteiger partial charge in [0.15, 0.2) is 0 Å². The lowest BCUT2D eigenvalue weighted by atomic mass is 9.95. The third-order valence-corrected chi connectivity index (χ3v) is 5.55. The average Bonchev–Trinajstić information content (AvgIpc) is 2.63. The van der Waals surface area contributed by atoms with Crippen molar-refractivity contribution in [2.45, 2.75) is 142 Å². The van der Waals surface area contributed by atoms with E-state index in [9.17, 15) is 0 Å². The van der Waals surface area contributed by atoms with Crippen LogP contribution in [0.15, 0.2) is 0 Å². The van der Waals surface area contributed by atoms with Crippen molar-refractivity contribution in [1.29, 1.82) is 0 Å². The summed E-state index contributed by atoms with van der Waals surface area (Å²) in [6.45, 7) is 4.58. The Labute approximate surface area is 160 Å². The van der Waals surface area contributed by atoms with Crippen molar-refractivity contribution in [1.82, 2.24) is 0 Å². The zero-order chi connectivity index (χ0) is 18.4. The molecule has 0 heteroatoms. The van der Waals surface area contributed by atoms with Crippen LogP contribution >= 0.6 is 0 Å². The van der Waals surface area contributed by atoms with Crippen molar-refractivity contribution in [3.63, 3.8) is 0 Å². The zero-order valence-corrected chi connectivity index (χ0v) is 17.8. The van der Waals surface area contributed by atoms with Crippen LogP contribution in [0.2, 0.25) is 0 Å². The number of hydrogen-bond donors (Lipinski definition) is 0. The van der Waals surface area contributed by atoms with E-state index in [0.717, 1.165) is 0 Å². The molecule has 0 aliphatic carbocycles. The molecule has 0 aromatic rings. The summed E-state index contributed by atoms with van der Waals surface area (Å²) < 4.78 is 0. The topological polar surface area (TPSA) is 0 Å². The molecule has 0 rings (SSSR count). The van der Waals surface area contributed by atoms with Crippen LogP contribution in [0.5, 0.6) is 0 Å². The molecular formula is C25H48. The highest BCUT2D eigenvalue weighted by Crippen LogP contribution is 2.19. The maximum Gasteiger partial charge on any atom is 0.0200 e. The maximum absolute atomic E-state index is 5.74. The highest BCUT2D eigenvalue weighted by Gasteiger charge is 2.04. The summed E-state index contributed by atoms with van der Waals surface area (Å²) in [6, 6.07) is 0. The molecule has 0 heterocycles. The highest BCUT2D eigenvalue weighted by molar-refractivity contribution is 4.92. The molecule has 25 heavy (non-hydrogen) atoms. The average molecular weight is 349 g/mol. The minimum atomic E-state index is 0.550. The van der Waals surface area contributed by atoms with E-state index in [1.165, 1.54) is 128 Å². The van der Waals surface area contributed by atoms with Gasteiger partial charge in [-0.1, -0.05) is 129 Å². The van der Waals surface area contributed by atoms with Gasteiger partial charge in [0.25, 0.3) is 0 Å². The van der Waals surface area contributed by atoms with Crippen molar-refractivity contribution in [2.24, 2.45) is 5.92 Å². The van der Waals surface area contributed by atoms with Crippen molar-refractivity contribution in [3.05, 3.63) is 0 Å². The molecule has 0 spiro atoms. The summed E-state index contributed by atoms with van der Waals surface area (Å²) in [5.41, 5.74) is 0. The van der Waals surface area contributed by atoms with Gasteiger partial charge in [-0.15, -0.1) is 12.3 Å². The number of terminal acetylenes is 1. The van der Waals surface area contributed by atoms with Crippen LogP contribution in [0.1, 0.15) is 142 Å². The number of rotatable bonds is 20. The third kappa shape index (κ3) is 19.7. The van der Waals surface area contributed by atoms with E-state index in [0.29, 0.717) is 5.92 Å².